The summed E-state index contributed by atoms with van der Waals surface area (Å²) in [4.78, 5) is 27.3. The first-order chi connectivity index (χ1) is 16.7. The minimum atomic E-state index is -2.70. The molecule has 2 aliphatic rings. The molecule has 1 atom stereocenters. The second kappa shape index (κ2) is 11.9. The van der Waals surface area contributed by atoms with Gasteiger partial charge in [-0.1, -0.05) is 30.3 Å². The first-order valence-electron chi connectivity index (χ1n) is 11.7. The number of benzene rings is 1. The molecule has 190 valence electrons. The maximum Gasteiger partial charge on any atom is 0.354 e. The molecule has 1 aromatic carbocycles. The number of hydrogen-bond donors (Lipinski definition) is 3. The van der Waals surface area contributed by atoms with Crippen LogP contribution in [0.3, 0.4) is 0 Å². The Morgan fingerprint density at radius 3 is 2.49 bits per heavy atom. The van der Waals surface area contributed by atoms with Crippen LogP contribution in [0.5, 0.6) is 5.88 Å². The van der Waals surface area contributed by atoms with Crippen LogP contribution in [0, 0.1) is 5.92 Å². The molecule has 35 heavy (non-hydrogen) atoms. The van der Waals surface area contributed by atoms with Crippen molar-refractivity contribution in [1.82, 2.24) is 10.3 Å². The normalized spacial score (nSPS) is 16.9. The Labute approximate surface area is 203 Å². The molecule has 10 heteroatoms. The summed E-state index contributed by atoms with van der Waals surface area (Å²) < 4.78 is 31.4. The number of carboxylic acid groups (broad SMARTS) is 1. The number of carboxylic acids is 1. The lowest BCUT2D eigenvalue weighted by atomic mass is 10.0. The molecule has 1 unspecified atom stereocenters. The smallest absolute Gasteiger partial charge is 0.354 e. The summed E-state index contributed by atoms with van der Waals surface area (Å²) in [5.74, 6) is -3.25. The minimum Gasteiger partial charge on any atom is -0.477 e. The Kier molecular flexibility index (Phi) is 8.97. The SMILES string of the molecule is CNC(=O)CC(N)CCc1ccccc1.O=C(O)c1ccc(N2CC(F)(F)C2)c(OCC2CC2)n1. The monoisotopic (exact) mass is 490 g/mol. The fraction of sp³-hybridized carbons (Fsp3) is 0.480. The van der Waals surface area contributed by atoms with Gasteiger partial charge in [-0.15, -0.1) is 0 Å². The average Bonchev–Trinajstić information content (AvgIpc) is 3.65. The zero-order valence-electron chi connectivity index (χ0n) is 19.8. The van der Waals surface area contributed by atoms with Crippen molar-refractivity contribution < 1.29 is 28.2 Å². The number of rotatable bonds is 10. The van der Waals surface area contributed by atoms with Crippen molar-refractivity contribution in [1.29, 1.82) is 0 Å². The van der Waals surface area contributed by atoms with Gasteiger partial charge in [0, 0.05) is 19.5 Å². The van der Waals surface area contributed by atoms with E-state index >= 15 is 0 Å². The second-order valence-corrected chi connectivity index (χ2v) is 8.95. The first-order valence-corrected chi connectivity index (χ1v) is 11.7. The summed E-state index contributed by atoms with van der Waals surface area (Å²) in [6.07, 6.45) is 4.34. The van der Waals surface area contributed by atoms with Crippen molar-refractivity contribution in [2.75, 3.05) is 31.6 Å². The van der Waals surface area contributed by atoms with Crippen molar-refractivity contribution in [3.05, 3.63) is 53.7 Å². The van der Waals surface area contributed by atoms with E-state index in [2.05, 4.69) is 22.4 Å². The highest BCUT2D eigenvalue weighted by Crippen LogP contribution is 2.37. The van der Waals surface area contributed by atoms with Gasteiger partial charge in [0.2, 0.25) is 11.8 Å². The predicted molar refractivity (Wildman–Crippen MR) is 128 cm³/mol. The van der Waals surface area contributed by atoms with Gasteiger partial charge in [0.25, 0.3) is 5.92 Å². The molecule has 1 saturated heterocycles. The summed E-state index contributed by atoms with van der Waals surface area (Å²) in [5.41, 5.74) is 7.39. The van der Waals surface area contributed by atoms with E-state index in [4.69, 9.17) is 15.6 Å². The lowest BCUT2D eigenvalue weighted by Gasteiger charge is -2.40. The second-order valence-electron chi connectivity index (χ2n) is 8.95. The molecule has 1 saturated carbocycles. The van der Waals surface area contributed by atoms with Gasteiger partial charge in [-0.05, 0) is 49.3 Å². The van der Waals surface area contributed by atoms with Gasteiger partial charge in [-0.3, -0.25) is 4.79 Å². The highest BCUT2D eigenvalue weighted by atomic mass is 19.3. The molecule has 8 nitrogen and oxygen atoms in total. The lowest BCUT2D eigenvalue weighted by molar-refractivity contribution is -0.120. The Bertz CT molecular complexity index is 994. The first kappa shape index (κ1) is 26.3. The van der Waals surface area contributed by atoms with Gasteiger partial charge >= 0.3 is 5.97 Å². The minimum absolute atomic E-state index is 0.00978. The molecule has 0 spiro atoms. The van der Waals surface area contributed by atoms with E-state index in [9.17, 15) is 18.4 Å². The highest BCUT2D eigenvalue weighted by Gasteiger charge is 2.45. The number of aryl methyl sites for hydroxylation is 1. The molecule has 4 N–H and O–H groups in total. The topological polar surface area (TPSA) is 118 Å². The van der Waals surface area contributed by atoms with Gasteiger partial charge in [0.1, 0.15) is 5.69 Å². The number of alkyl halides is 2. The number of aromatic carboxylic acids is 1. The van der Waals surface area contributed by atoms with E-state index < -0.39 is 11.9 Å². The van der Waals surface area contributed by atoms with E-state index in [0.29, 0.717) is 24.6 Å². The number of anilines is 1. The summed E-state index contributed by atoms with van der Waals surface area (Å²) in [5, 5.41) is 11.5. The number of carbonyl (C=O) groups excluding carboxylic acids is 1. The van der Waals surface area contributed by atoms with Crippen LogP contribution in [0.15, 0.2) is 42.5 Å². The Morgan fingerprint density at radius 1 is 1.23 bits per heavy atom. The van der Waals surface area contributed by atoms with Crippen LogP contribution in [-0.4, -0.2) is 60.7 Å². The number of nitrogens with one attached hydrogen (secondary N) is 1. The fourth-order valence-electron chi connectivity index (χ4n) is 3.50. The molecule has 1 aliphatic heterocycles. The third-order valence-electron chi connectivity index (χ3n) is 5.77. The van der Waals surface area contributed by atoms with E-state index in [1.807, 2.05) is 18.2 Å². The molecule has 1 aromatic heterocycles. The summed E-state index contributed by atoms with van der Waals surface area (Å²) in [7, 11) is 1.63. The van der Waals surface area contributed by atoms with Crippen LogP contribution in [0.2, 0.25) is 0 Å². The van der Waals surface area contributed by atoms with E-state index in [1.54, 1.807) is 7.05 Å². The van der Waals surface area contributed by atoms with E-state index in [1.165, 1.54) is 22.6 Å². The van der Waals surface area contributed by atoms with Crippen molar-refractivity contribution in [2.24, 2.45) is 11.7 Å². The molecule has 2 aromatic rings. The average molecular weight is 491 g/mol. The van der Waals surface area contributed by atoms with Gasteiger partial charge in [0.15, 0.2) is 5.69 Å². The van der Waals surface area contributed by atoms with Gasteiger partial charge in [-0.25, -0.2) is 18.6 Å². The van der Waals surface area contributed by atoms with Crippen molar-refractivity contribution in [2.45, 2.75) is 44.1 Å². The molecule has 4 rings (SSSR count). The number of nitrogens with two attached hydrogens (primary N) is 1. The maximum atomic E-state index is 12.9. The Hall–Kier alpha value is -3.27. The standard InChI is InChI=1S/C13H14F2N2O3.C12H18N2O/c14-13(15)6-17(7-13)10-4-3-9(12(18)19)16-11(10)20-5-8-1-2-8;1-14-12(15)9-11(13)8-7-10-5-3-2-4-6-10/h3-4,8H,1-2,5-7H2,(H,18,19);2-6,11H,7-9,13H2,1H3,(H,14,15). The molecule has 2 heterocycles. The number of amides is 1. The summed E-state index contributed by atoms with van der Waals surface area (Å²) in [6, 6.07) is 12.9. The van der Waals surface area contributed by atoms with Crippen LogP contribution in [-0.2, 0) is 11.2 Å². The molecule has 2 fully saturated rings. The molecule has 1 aliphatic carbocycles. The number of nitrogens with zero attached hydrogens (tertiary/aromatic N) is 2. The molecule has 0 bridgehead atoms. The molecule has 0 radical (unpaired) electrons. The van der Waals surface area contributed by atoms with Crippen LogP contribution >= 0.6 is 0 Å². The maximum absolute atomic E-state index is 12.9. The van der Waals surface area contributed by atoms with E-state index in [-0.39, 0.29) is 36.6 Å². The highest BCUT2D eigenvalue weighted by molar-refractivity contribution is 5.86. The van der Waals surface area contributed by atoms with Crippen molar-refractivity contribution >= 4 is 17.6 Å². The third kappa shape index (κ3) is 8.47. The number of carbonyl (C=O) groups is 2. The van der Waals surface area contributed by atoms with Crippen molar-refractivity contribution in [3.63, 3.8) is 0 Å². The van der Waals surface area contributed by atoms with Gasteiger partial charge < -0.3 is 25.8 Å². The molecular weight excluding hydrogens is 458 g/mol. The Balaban J connectivity index is 0.000000205. The summed E-state index contributed by atoms with van der Waals surface area (Å²) >= 11 is 0. The Morgan fingerprint density at radius 2 is 1.91 bits per heavy atom. The van der Waals surface area contributed by atoms with Crippen LogP contribution < -0.4 is 20.7 Å². The fourth-order valence-corrected chi connectivity index (χ4v) is 3.50. The van der Waals surface area contributed by atoms with Gasteiger partial charge in [-0.2, -0.15) is 0 Å². The van der Waals surface area contributed by atoms with Gasteiger partial charge in [0.05, 0.1) is 19.7 Å². The number of halogens is 2. The quantitative estimate of drug-likeness (QED) is 0.468. The van der Waals surface area contributed by atoms with Crippen LogP contribution in [0.4, 0.5) is 14.5 Å². The number of pyridine rings is 1. The molecular formula is C25H32F2N4O4. The van der Waals surface area contributed by atoms with Crippen LogP contribution in [0.25, 0.3) is 0 Å². The zero-order chi connectivity index (χ0) is 25.4. The predicted octanol–water partition coefficient (Wildman–Crippen LogP) is 3.11. The van der Waals surface area contributed by atoms with E-state index in [0.717, 1.165) is 25.7 Å². The number of hydrogen-bond acceptors (Lipinski definition) is 6. The number of aromatic nitrogens is 1. The largest absolute Gasteiger partial charge is 0.477 e. The third-order valence-corrected chi connectivity index (χ3v) is 5.77. The summed E-state index contributed by atoms with van der Waals surface area (Å²) in [6.45, 7) is -0.324. The lowest BCUT2D eigenvalue weighted by Crippen LogP contribution is -2.56. The number of ether oxygens (including phenoxy) is 1. The zero-order valence-corrected chi connectivity index (χ0v) is 19.8. The molecule has 1 amide bonds. The van der Waals surface area contributed by atoms with Crippen molar-refractivity contribution in [3.8, 4) is 5.88 Å². The van der Waals surface area contributed by atoms with Crippen LogP contribution in [0.1, 0.15) is 41.7 Å².